The van der Waals surface area contributed by atoms with Crippen LogP contribution in [0.1, 0.15) is 12.8 Å². The Balaban J connectivity index is 2.13. The predicted octanol–water partition coefficient (Wildman–Crippen LogP) is 0.909. The maximum Gasteiger partial charge on any atom is 0.0815 e. The van der Waals surface area contributed by atoms with E-state index in [1.165, 1.54) is 0 Å². The van der Waals surface area contributed by atoms with Gasteiger partial charge in [0.1, 0.15) is 0 Å². The lowest BCUT2D eigenvalue weighted by Crippen LogP contribution is -2.30. The zero-order valence-electron chi connectivity index (χ0n) is 4.69. The molecule has 0 aliphatic carbocycles. The fourth-order valence-electron chi connectivity index (χ4n) is 0.885. The first-order chi connectivity index (χ1) is 3.93. The molecule has 1 heterocycles. The summed E-state index contributed by atoms with van der Waals surface area (Å²) in [5.74, 6) is 0. The molecule has 1 rings (SSSR count). The van der Waals surface area contributed by atoms with Gasteiger partial charge in [0.15, 0.2) is 0 Å². The van der Waals surface area contributed by atoms with Crippen LogP contribution in [0.15, 0.2) is 0 Å². The van der Waals surface area contributed by atoms with Crippen LogP contribution in [0.4, 0.5) is 0 Å². The van der Waals surface area contributed by atoms with E-state index in [1.807, 2.05) is 0 Å². The summed E-state index contributed by atoms with van der Waals surface area (Å²) in [5.41, 5.74) is 0. The van der Waals surface area contributed by atoms with Crippen LogP contribution in [0.3, 0.4) is 0 Å². The van der Waals surface area contributed by atoms with Gasteiger partial charge >= 0.3 is 0 Å². The summed E-state index contributed by atoms with van der Waals surface area (Å²) in [5, 5.41) is 3.21. The van der Waals surface area contributed by atoms with E-state index in [0.717, 1.165) is 25.9 Å². The van der Waals surface area contributed by atoms with Crippen molar-refractivity contribution in [2.45, 2.75) is 18.9 Å². The lowest BCUT2D eigenvalue weighted by atomic mass is 10.1. The van der Waals surface area contributed by atoms with Crippen LogP contribution in [-0.2, 0) is 4.29 Å². The van der Waals surface area contributed by atoms with E-state index in [0.29, 0.717) is 0 Å². The van der Waals surface area contributed by atoms with Crippen molar-refractivity contribution >= 4 is 11.9 Å². The van der Waals surface area contributed by atoms with E-state index in [4.69, 9.17) is 11.9 Å². The summed E-state index contributed by atoms with van der Waals surface area (Å²) in [4.78, 5) is 0. The third-order valence-electron chi connectivity index (χ3n) is 1.41. The van der Waals surface area contributed by atoms with Crippen LogP contribution in [0.25, 0.3) is 0 Å². The zero-order chi connectivity index (χ0) is 5.82. The van der Waals surface area contributed by atoms with Crippen LogP contribution in [0.5, 0.6) is 0 Å². The van der Waals surface area contributed by atoms with E-state index in [2.05, 4.69) is 9.61 Å². The number of hydrogen-bond donors (Lipinski definition) is 1. The number of hydrogen-bond acceptors (Lipinski definition) is 2. The van der Waals surface area contributed by atoms with Crippen molar-refractivity contribution < 1.29 is 4.29 Å². The Morgan fingerprint density at radius 3 is 2.38 bits per heavy atom. The molecule has 0 aromatic heterocycles. The van der Waals surface area contributed by atoms with E-state index < -0.39 is 0 Å². The van der Waals surface area contributed by atoms with Crippen LogP contribution in [-0.4, -0.2) is 19.2 Å². The molecule has 0 radical (unpaired) electrons. The van der Waals surface area contributed by atoms with Gasteiger partial charge in [-0.2, -0.15) is 0 Å². The SMILES string of the molecule is ClOC1CCNCC1. The zero-order valence-corrected chi connectivity index (χ0v) is 5.45. The summed E-state index contributed by atoms with van der Waals surface area (Å²) in [7, 11) is 0. The molecule has 0 spiro atoms. The smallest absolute Gasteiger partial charge is 0.0815 e. The summed E-state index contributed by atoms with van der Waals surface area (Å²) < 4.78 is 4.62. The minimum Gasteiger partial charge on any atom is -0.317 e. The fraction of sp³-hybridized carbons (Fsp3) is 1.00. The lowest BCUT2D eigenvalue weighted by molar-refractivity contribution is 0.179. The Morgan fingerprint density at radius 2 is 2.00 bits per heavy atom. The van der Waals surface area contributed by atoms with Crippen molar-refractivity contribution in [2.75, 3.05) is 13.1 Å². The average molecular weight is 136 g/mol. The molecule has 0 atom stereocenters. The van der Waals surface area contributed by atoms with E-state index in [9.17, 15) is 0 Å². The van der Waals surface area contributed by atoms with Crippen LogP contribution >= 0.6 is 11.9 Å². The normalized spacial score (nSPS) is 23.6. The standard InChI is InChI=1S/C5H10ClNO/c6-8-5-1-3-7-4-2-5/h5,7H,1-4H2. The molecule has 48 valence electrons. The highest BCUT2D eigenvalue weighted by Gasteiger charge is 2.11. The minimum atomic E-state index is 0.290. The van der Waals surface area contributed by atoms with Gasteiger partial charge in [0.25, 0.3) is 0 Å². The Hall–Kier alpha value is 0.210. The van der Waals surface area contributed by atoms with Gasteiger partial charge in [-0.05, 0) is 25.9 Å². The van der Waals surface area contributed by atoms with Crippen LogP contribution < -0.4 is 5.32 Å². The van der Waals surface area contributed by atoms with Crippen molar-refractivity contribution in [1.29, 1.82) is 0 Å². The van der Waals surface area contributed by atoms with Gasteiger partial charge in [-0.1, -0.05) is 0 Å². The molecule has 8 heavy (non-hydrogen) atoms. The van der Waals surface area contributed by atoms with Crippen molar-refractivity contribution in [3.8, 4) is 0 Å². The second-order valence-electron chi connectivity index (χ2n) is 2.04. The number of halogens is 1. The lowest BCUT2D eigenvalue weighted by Gasteiger charge is -2.18. The van der Waals surface area contributed by atoms with Gasteiger partial charge in [-0.25, -0.2) is 0 Å². The van der Waals surface area contributed by atoms with Crippen LogP contribution in [0.2, 0.25) is 0 Å². The Bertz CT molecular complexity index is 63.4. The van der Waals surface area contributed by atoms with Gasteiger partial charge in [0.2, 0.25) is 0 Å². The number of rotatable bonds is 1. The first-order valence-corrected chi connectivity index (χ1v) is 3.22. The van der Waals surface area contributed by atoms with Gasteiger partial charge < -0.3 is 5.32 Å². The third-order valence-corrected chi connectivity index (χ3v) is 1.66. The topological polar surface area (TPSA) is 21.3 Å². The maximum atomic E-state index is 5.15. The minimum absolute atomic E-state index is 0.290. The van der Waals surface area contributed by atoms with Crippen LogP contribution in [0, 0.1) is 0 Å². The molecule has 1 N–H and O–H groups in total. The molecular formula is C5H10ClNO. The first-order valence-electron chi connectivity index (χ1n) is 2.91. The average Bonchev–Trinajstić information content (AvgIpc) is 1.90. The molecule has 1 aliphatic heterocycles. The highest BCUT2D eigenvalue weighted by Crippen LogP contribution is 2.07. The third kappa shape index (κ3) is 1.62. The molecule has 0 amide bonds. The van der Waals surface area contributed by atoms with Gasteiger partial charge in [-0.3, -0.25) is 4.29 Å². The van der Waals surface area contributed by atoms with E-state index in [1.54, 1.807) is 0 Å². The summed E-state index contributed by atoms with van der Waals surface area (Å²) in [6.45, 7) is 2.08. The summed E-state index contributed by atoms with van der Waals surface area (Å²) >= 11 is 5.15. The molecule has 2 nitrogen and oxygen atoms in total. The van der Waals surface area contributed by atoms with Crippen molar-refractivity contribution in [3.05, 3.63) is 0 Å². The predicted molar refractivity (Wildman–Crippen MR) is 32.8 cm³/mol. The van der Waals surface area contributed by atoms with E-state index >= 15 is 0 Å². The Kier molecular flexibility index (Phi) is 2.59. The molecule has 0 bridgehead atoms. The summed E-state index contributed by atoms with van der Waals surface area (Å²) in [6.07, 6.45) is 2.38. The summed E-state index contributed by atoms with van der Waals surface area (Å²) in [6, 6.07) is 0. The van der Waals surface area contributed by atoms with Crippen molar-refractivity contribution in [2.24, 2.45) is 0 Å². The Morgan fingerprint density at radius 1 is 1.38 bits per heavy atom. The molecule has 1 aliphatic rings. The molecular weight excluding hydrogens is 126 g/mol. The quantitative estimate of drug-likeness (QED) is 0.577. The largest absolute Gasteiger partial charge is 0.317 e. The second kappa shape index (κ2) is 3.28. The van der Waals surface area contributed by atoms with Crippen molar-refractivity contribution in [1.82, 2.24) is 5.32 Å². The van der Waals surface area contributed by atoms with E-state index in [-0.39, 0.29) is 6.10 Å². The molecule has 1 fully saturated rings. The van der Waals surface area contributed by atoms with Gasteiger partial charge in [0, 0.05) is 0 Å². The first kappa shape index (κ1) is 6.33. The molecule has 0 unspecified atom stereocenters. The highest BCUT2D eigenvalue weighted by molar-refractivity contribution is 6.07. The Labute approximate surface area is 54.3 Å². The van der Waals surface area contributed by atoms with Crippen molar-refractivity contribution in [3.63, 3.8) is 0 Å². The van der Waals surface area contributed by atoms with Gasteiger partial charge in [-0.15, -0.1) is 0 Å². The molecule has 0 aromatic carbocycles. The number of nitrogens with one attached hydrogen (secondary N) is 1. The fourth-order valence-corrected chi connectivity index (χ4v) is 1.06. The van der Waals surface area contributed by atoms with Gasteiger partial charge in [0.05, 0.1) is 18.0 Å². The monoisotopic (exact) mass is 135 g/mol. The molecule has 1 saturated heterocycles. The highest BCUT2D eigenvalue weighted by atomic mass is 35.5. The maximum absolute atomic E-state index is 5.15. The molecule has 0 aromatic rings. The molecule has 3 heteroatoms. The molecule has 0 saturated carbocycles. The second-order valence-corrected chi connectivity index (χ2v) is 2.22. The number of piperidine rings is 1.